The van der Waals surface area contributed by atoms with Gasteiger partial charge in [0.15, 0.2) is 5.96 Å². The molecule has 0 saturated carbocycles. The second-order valence-corrected chi connectivity index (χ2v) is 5.68. The molecule has 0 fully saturated rings. The van der Waals surface area contributed by atoms with Crippen molar-refractivity contribution >= 4 is 29.9 Å². The van der Waals surface area contributed by atoms with Crippen LogP contribution in [-0.4, -0.2) is 54.9 Å². The van der Waals surface area contributed by atoms with Crippen LogP contribution in [0.15, 0.2) is 35.3 Å². The fourth-order valence-electron chi connectivity index (χ4n) is 2.09. The quantitative estimate of drug-likeness (QED) is 0.346. The number of halogens is 1. The van der Waals surface area contributed by atoms with E-state index in [4.69, 9.17) is 4.74 Å². The van der Waals surface area contributed by atoms with Crippen LogP contribution in [0.1, 0.15) is 33.6 Å². The van der Waals surface area contributed by atoms with E-state index in [1.54, 1.807) is 0 Å². The van der Waals surface area contributed by atoms with Crippen LogP contribution in [0.5, 0.6) is 5.75 Å². The zero-order chi connectivity index (χ0) is 17.1. The van der Waals surface area contributed by atoms with Gasteiger partial charge in [-0.2, -0.15) is 0 Å². The second-order valence-electron chi connectivity index (χ2n) is 5.68. The van der Waals surface area contributed by atoms with Crippen molar-refractivity contribution in [3.05, 3.63) is 30.3 Å². The molecule has 0 saturated heterocycles. The van der Waals surface area contributed by atoms with E-state index in [0.717, 1.165) is 24.8 Å². The molecule has 24 heavy (non-hydrogen) atoms. The SMILES string of the molecule is CCNC(=NCC(O)(CC)CC)N(C)CCOc1ccccc1.I. The summed E-state index contributed by atoms with van der Waals surface area (Å²) in [6, 6.07) is 9.78. The Labute approximate surface area is 163 Å². The summed E-state index contributed by atoms with van der Waals surface area (Å²) in [5.41, 5.74) is -0.720. The van der Waals surface area contributed by atoms with Gasteiger partial charge in [-0.05, 0) is 31.9 Å². The monoisotopic (exact) mass is 449 g/mol. The Hall–Kier alpha value is -1.02. The van der Waals surface area contributed by atoms with Crippen LogP contribution in [0.3, 0.4) is 0 Å². The molecular weight excluding hydrogens is 417 g/mol. The number of likely N-dealkylation sites (N-methyl/N-ethyl adjacent to an activating group) is 1. The maximum Gasteiger partial charge on any atom is 0.193 e. The van der Waals surface area contributed by atoms with E-state index in [9.17, 15) is 5.11 Å². The minimum atomic E-state index is -0.720. The van der Waals surface area contributed by atoms with Crippen molar-refractivity contribution in [1.29, 1.82) is 0 Å². The molecule has 0 heterocycles. The van der Waals surface area contributed by atoms with E-state index >= 15 is 0 Å². The Morgan fingerprint density at radius 2 is 1.83 bits per heavy atom. The third-order valence-corrected chi connectivity index (χ3v) is 3.97. The average Bonchev–Trinajstić information content (AvgIpc) is 2.59. The van der Waals surface area contributed by atoms with Gasteiger partial charge >= 0.3 is 0 Å². The smallest absolute Gasteiger partial charge is 0.193 e. The molecule has 0 bridgehead atoms. The summed E-state index contributed by atoms with van der Waals surface area (Å²) in [5.74, 6) is 1.67. The number of nitrogens with zero attached hydrogens (tertiary/aromatic N) is 2. The Bertz CT molecular complexity index is 465. The highest BCUT2D eigenvalue weighted by Crippen LogP contribution is 2.14. The summed E-state index contributed by atoms with van der Waals surface area (Å²) in [6.45, 7) is 8.52. The molecule has 0 amide bonds. The minimum Gasteiger partial charge on any atom is -0.492 e. The number of hydrogen-bond donors (Lipinski definition) is 2. The first-order valence-electron chi connectivity index (χ1n) is 8.44. The lowest BCUT2D eigenvalue weighted by Gasteiger charge is -2.26. The van der Waals surface area contributed by atoms with Gasteiger partial charge in [0.05, 0.1) is 18.7 Å². The number of benzene rings is 1. The number of ether oxygens (including phenoxy) is 1. The lowest BCUT2D eigenvalue weighted by molar-refractivity contribution is 0.0416. The van der Waals surface area contributed by atoms with Gasteiger partial charge in [-0.25, -0.2) is 0 Å². The molecule has 1 aromatic rings. The normalized spacial score (nSPS) is 11.6. The van der Waals surface area contributed by atoms with Gasteiger partial charge in [0, 0.05) is 13.6 Å². The Morgan fingerprint density at radius 1 is 1.21 bits per heavy atom. The molecule has 0 atom stereocenters. The first kappa shape index (κ1) is 23.0. The van der Waals surface area contributed by atoms with Crippen molar-refractivity contribution in [2.24, 2.45) is 4.99 Å². The molecular formula is C18H32IN3O2. The van der Waals surface area contributed by atoms with Gasteiger partial charge in [-0.3, -0.25) is 4.99 Å². The van der Waals surface area contributed by atoms with Gasteiger partial charge < -0.3 is 20.1 Å². The first-order chi connectivity index (χ1) is 11.0. The first-order valence-corrected chi connectivity index (χ1v) is 8.44. The van der Waals surface area contributed by atoms with Crippen LogP contribution in [0.2, 0.25) is 0 Å². The number of para-hydroxylation sites is 1. The fourth-order valence-corrected chi connectivity index (χ4v) is 2.09. The lowest BCUT2D eigenvalue weighted by atomic mass is 9.98. The highest BCUT2D eigenvalue weighted by Gasteiger charge is 2.22. The van der Waals surface area contributed by atoms with Crippen molar-refractivity contribution in [1.82, 2.24) is 10.2 Å². The molecule has 5 nitrogen and oxygen atoms in total. The van der Waals surface area contributed by atoms with Crippen molar-refractivity contribution in [3.63, 3.8) is 0 Å². The van der Waals surface area contributed by atoms with E-state index in [1.807, 2.05) is 63.1 Å². The molecule has 6 heteroatoms. The molecule has 0 spiro atoms. The summed E-state index contributed by atoms with van der Waals surface area (Å²) in [4.78, 5) is 6.60. The molecule has 0 aliphatic rings. The number of nitrogens with one attached hydrogen (secondary N) is 1. The van der Waals surface area contributed by atoms with E-state index in [1.165, 1.54) is 0 Å². The lowest BCUT2D eigenvalue weighted by Crippen LogP contribution is -2.42. The molecule has 1 aromatic carbocycles. The van der Waals surface area contributed by atoms with E-state index in [2.05, 4.69) is 10.3 Å². The second kappa shape index (κ2) is 12.4. The van der Waals surface area contributed by atoms with Crippen LogP contribution in [0, 0.1) is 0 Å². The highest BCUT2D eigenvalue weighted by molar-refractivity contribution is 14.0. The Morgan fingerprint density at radius 3 is 2.38 bits per heavy atom. The fraction of sp³-hybridized carbons (Fsp3) is 0.611. The predicted molar refractivity (Wildman–Crippen MR) is 111 cm³/mol. The minimum absolute atomic E-state index is 0. The standard InChI is InChI=1S/C18H31N3O2.HI/c1-5-18(22,6-2)15-20-17(19-7-3)21(4)13-14-23-16-11-9-8-10-12-16;/h8-12,22H,5-7,13-15H2,1-4H3,(H,19,20);1H. The number of rotatable bonds is 9. The largest absolute Gasteiger partial charge is 0.492 e. The zero-order valence-electron chi connectivity index (χ0n) is 15.3. The Kier molecular flexibility index (Phi) is 11.8. The number of aliphatic hydroxyl groups is 1. The van der Waals surface area contributed by atoms with Gasteiger partial charge in [0.1, 0.15) is 12.4 Å². The van der Waals surface area contributed by atoms with Crippen molar-refractivity contribution in [3.8, 4) is 5.75 Å². The average molecular weight is 449 g/mol. The molecule has 138 valence electrons. The summed E-state index contributed by atoms with van der Waals surface area (Å²) in [7, 11) is 1.98. The van der Waals surface area contributed by atoms with E-state index < -0.39 is 5.60 Å². The van der Waals surface area contributed by atoms with Gasteiger partial charge in [-0.15, -0.1) is 24.0 Å². The van der Waals surface area contributed by atoms with E-state index in [-0.39, 0.29) is 24.0 Å². The van der Waals surface area contributed by atoms with Crippen LogP contribution >= 0.6 is 24.0 Å². The maximum absolute atomic E-state index is 10.4. The molecule has 0 aromatic heterocycles. The van der Waals surface area contributed by atoms with Gasteiger partial charge in [0.2, 0.25) is 0 Å². The molecule has 0 aliphatic carbocycles. The molecule has 1 rings (SSSR count). The molecule has 0 aliphatic heterocycles. The van der Waals surface area contributed by atoms with Crippen LogP contribution < -0.4 is 10.1 Å². The van der Waals surface area contributed by atoms with Crippen LogP contribution in [-0.2, 0) is 0 Å². The van der Waals surface area contributed by atoms with Crippen molar-refractivity contribution in [2.75, 3.05) is 33.3 Å². The molecule has 0 unspecified atom stereocenters. The predicted octanol–water partition coefficient (Wildman–Crippen LogP) is 3.13. The summed E-state index contributed by atoms with van der Waals surface area (Å²) in [6.07, 6.45) is 1.40. The number of aliphatic imine (C=N–C) groups is 1. The zero-order valence-corrected chi connectivity index (χ0v) is 17.6. The van der Waals surface area contributed by atoms with Crippen molar-refractivity contribution < 1.29 is 9.84 Å². The van der Waals surface area contributed by atoms with Crippen LogP contribution in [0.4, 0.5) is 0 Å². The third kappa shape index (κ3) is 8.19. The molecule has 0 radical (unpaired) electrons. The van der Waals surface area contributed by atoms with Gasteiger partial charge in [-0.1, -0.05) is 32.0 Å². The van der Waals surface area contributed by atoms with Gasteiger partial charge in [0.25, 0.3) is 0 Å². The number of guanidine groups is 1. The number of hydrogen-bond acceptors (Lipinski definition) is 3. The van der Waals surface area contributed by atoms with Crippen molar-refractivity contribution in [2.45, 2.75) is 39.2 Å². The Balaban J connectivity index is 0.00000529. The third-order valence-electron chi connectivity index (χ3n) is 3.97. The highest BCUT2D eigenvalue weighted by atomic mass is 127. The van der Waals surface area contributed by atoms with Crippen LogP contribution in [0.25, 0.3) is 0 Å². The van der Waals surface area contributed by atoms with E-state index in [0.29, 0.717) is 26.0 Å². The topological polar surface area (TPSA) is 57.1 Å². The maximum atomic E-state index is 10.4. The summed E-state index contributed by atoms with van der Waals surface area (Å²) >= 11 is 0. The molecule has 2 N–H and O–H groups in total. The summed E-state index contributed by atoms with van der Waals surface area (Å²) < 4.78 is 5.72. The summed E-state index contributed by atoms with van der Waals surface area (Å²) in [5, 5.41) is 13.6.